The van der Waals surface area contributed by atoms with Crippen molar-refractivity contribution >= 4 is 12.1 Å². The molecule has 6 nitrogen and oxygen atoms in total. The van der Waals surface area contributed by atoms with Crippen LogP contribution in [-0.4, -0.2) is 23.8 Å². The topological polar surface area (TPSA) is 102 Å². The molecule has 6 heteroatoms. The number of carbonyl (C=O) groups excluding carboxylic acids is 1. The molecule has 0 saturated carbocycles. The van der Waals surface area contributed by atoms with Crippen LogP contribution >= 0.6 is 0 Å². The van der Waals surface area contributed by atoms with E-state index in [0.29, 0.717) is 13.0 Å². The molecule has 0 aromatic carbocycles. The Morgan fingerprint density at radius 2 is 2.27 bits per heavy atom. The molecule has 1 saturated heterocycles. The third-order valence-corrected chi connectivity index (χ3v) is 0.912. The average Bonchev–Trinajstić information content (AvgIpc) is 2.41. The zero-order valence-electron chi connectivity index (χ0n) is 5.87. The van der Waals surface area contributed by atoms with Gasteiger partial charge in [0.2, 0.25) is 0 Å². The number of amides is 1. The first kappa shape index (κ1) is 9.70. The van der Waals surface area contributed by atoms with Crippen molar-refractivity contribution < 1.29 is 19.4 Å². The Morgan fingerprint density at radius 3 is 2.36 bits per heavy atom. The molecular weight excluding hydrogens is 152 g/mol. The van der Waals surface area contributed by atoms with Crippen molar-refractivity contribution in [1.29, 1.82) is 0 Å². The van der Waals surface area contributed by atoms with Crippen LogP contribution in [0, 0.1) is 0 Å². The Balaban J connectivity index is 0.000000187. The first-order valence-corrected chi connectivity index (χ1v) is 3.02. The molecule has 0 atom stereocenters. The molecule has 0 aliphatic carbocycles. The maximum Gasteiger partial charge on any atom is 0.418 e. The summed E-state index contributed by atoms with van der Waals surface area (Å²) in [6.07, 6.45) is 0.323. The van der Waals surface area contributed by atoms with Gasteiger partial charge >= 0.3 is 12.1 Å². The van der Waals surface area contributed by atoms with Gasteiger partial charge < -0.3 is 9.84 Å². The van der Waals surface area contributed by atoms with Gasteiger partial charge in [-0.3, -0.25) is 10.2 Å². The number of hydrogen-bond acceptors (Lipinski definition) is 4. The minimum absolute atomic E-state index is 0.0463. The van der Waals surface area contributed by atoms with Gasteiger partial charge in [-0.1, -0.05) is 0 Å². The summed E-state index contributed by atoms with van der Waals surface area (Å²) in [5.41, 5.74) is 1.44. The Morgan fingerprint density at radius 1 is 1.73 bits per heavy atom. The second-order valence-corrected chi connectivity index (χ2v) is 1.77. The van der Waals surface area contributed by atoms with E-state index in [1.165, 1.54) is 5.43 Å². The van der Waals surface area contributed by atoms with Crippen molar-refractivity contribution in [2.24, 2.45) is 5.84 Å². The van der Waals surface area contributed by atoms with Gasteiger partial charge in [-0.15, -0.1) is 0 Å². The number of nitrogens with one attached hydrogen (secondary N) is 1. The van der Waals surface area contributed by atoms with Crippen molar-refractivity contribution in [1.82, 2.24) is 5.43 Å². The van der Waals surface area contributed by atoms with Gasteiger partial charge in [0.1, 0.15) is 0 Å². The fraction of sp³-hybridized carbons (Fsp3) is 0.600. The maximum absolute atomic E-state index is 10.0. The number of carbonyl (C=O) groups is 2. The first-order chi connectivity index (χ1) is 5.16. The van der Waals surface area contributed by atoms with Crippen LogP contribution in [0.5, 0.6) is 0 Å². The zero-order valence-corrected chi connectivity index (χ0v) is 5.87. The van der Waals surface area contributed by atoms with Crippen LogP contribution in [0.4, 0.5) is 4.79 Å². The standard InChI is InChI=1S/C4H6O2.CH4N2O2/c5-4-2-1-3-6-4;2-3-1(4)5/h1-3H2;3H,2H2,(H,4,5). The Labute approximate surface area is 63.3 Å². The minimum Gasteiger partial charge on any atom is -0.466 e. The quantitative estimate of drug-likeness (QED) is 0.192. The minimum atomic E-state index is -1.22. The van der Waals surface area contributed by atoms with E-state index < -0.39 is 6.09 Å². The van der Waals surface area contributed by atoms with Crippen LogP contribution in [0.25, 0.3) is 0 Å². The van der Waals surface area contributed by atoms with Gasteiger partial charge in [-0.2, -0.15) is 0 Å². The molecule has 0 radical (unpaired) electrons. The Hall–Kier alpha value is -1.30. The smallest absolute Gasteiger partial charge is 0.418 e. The molecule has 0 aromatic rings. The van der Waals surface area contributed by atoms with E-state index in [2.05, 4.69) is 10.6 Å². The highest BCUT2D eigenvalue weighted by molar-refractivity contribution is 5.70. The molecule has 0 aromatic heterocycles. The highest BCUT2D eigenvalue weighted by Gasteiger charge is 2.08. The van der Waals surface area contributed by atoms with Crippen LogP contribution in [0.2, 0.25) is 0 Å². The average molecular weight is 162 g/mol. The first-order valence-electron chi connectivity index (χ1n) is 3.02. The maximum atomic E-state index is 10.0. The molecular formula is C5H10N2O4. The highest BCUT2D eigenvalue weighted by Crippen LogP contribution is 2.01. The molecule has 0 bridgehead atoms. The van der Waals surface area contributed by atoms with E-state index in [1.54, 1.807) is 0 Å². The van der Waals surface area contributed by atoms with E-state index >= 15 is 0 Å². The van der Waals surface area contributed by atoms with Gasteiger partial charge in [0.05, 0.1) is 6.61 Å². The largest absolute Gasteiger partial charge is 0.466 e. The van der Waals surface area contributed by atoms with E-state index in [4.69, 9.17) is 9.90 Å². The molecule has 1 rings (SSSR count). The van der Waals surface area contributed by atoms with Gasteiger partial charge in [0.25, 0.3) is 0 Å². The molecule has 1 aliphatic heterocycles. The summed E-state index contributed by atoms with van der Waals surface area (Å²) in [6.45, 7) is 0.638. The Bertz CT molecular complexity index is 139. The van der Waals surface area contributed by atoms with Crippen molar-refractivity contribution in [3.63, 3.8) is 0 Å². The molecule has 1 amide bonds. The molecule has 64 valence electrons. The molecule has 4 N–H and O–H groups in total. The van der Waals surface area contributed by atoms with Crippen LogP contribution in [0.15, 0.2) is 0 Å². The summed E-state index contributed by atoms with van der Waals surface area (Å²) in [5, 5.41) is 7.49. The van der Waals surface area contributed by atoms with Crippen LogP contribution in [0.1, 0.15) is 12.8 Å². The molecule has 1 fully saturated rings. The summed E-state index contributed by atoms with van der Waals surface area (Å²) in [5.74, 6) is 4.28. The number of carboxylic acid groups (broad SMARTS) is 1. The Kier molecular flexibility index (Phi) is 4.83. The van der Waals surface area contributed by atoms with E-state index in [-0.39, 0.29) is 5.97 Å². The lowest BCUT2D eigenvalue weighted by atomic mass is 10.4. The van der Waals surface area contributed by atoms with Crippen LogP contribution in [0.3, 0.4) is 0 Å². The monoisotopic (exact) mass is 162 g/mol. The fourth-order valence-electron chi connectivity index (χ4n) is 0.475. The summed E-state index contributed by atoms with van der Waals surface area (Å²) >= 11 is 0. The van der Waals surface area contributed by atoms with E-state index in [9.17, 15) is 4.79 Å². The number of nitrogens with two attached hydrogens (primary N) is 1. The van der Waals surface area contributed by atoms with Crippen molar-refractivity contribution in [2.45, 2.75) is 12.8 Å². The van der Waals surface area contributed by atoms with Gasteiger partial charge in [0.15, 0.2) is 0 Å². The predicted octanol–water partition coefficient (Wildman–Crippen LogP) is -0.549. The normalized spacial score (nSPS) is 14.5. The summed E-state index contributed by atoms with van der Waals surface area (Å²) in [7, 11) is 0. The summed E-state index contributed by atoms with van der Waals surface area (Å²) in [6, 6.07) is 0. The SMILES string of the molecule is NNC(=O)O.O=C1CCCO1. The second kappa shape index (κ2) is 5.48. The number of ether oxygens (including phenoxy) is 1. The summed E-state index contributed by atoms with van der Waals surface area (Å²) < 4.78 is 4.51. The second-order valence-electron chi connectivity index (χ2n) is 1.77. The van der Waals surface area contributed by atoms with Gasteiger partial charge in [0, 0.05) is 6.42 Å². The third kappa shape index (κ3) is 6.59. The molecule has 1 aliphatic rings. The summed E-state index contributed by atoms with van der Waals surface area (Å²) in [4.78, 5) is 19.2. The molecule has 1 heterocycles. The number of esters is 1. The highest BCUT2D eigenvalue weighted by atomic mass is 16.5. The molecule has 11 heavy (non-hydrogen) atoms. The number of hydrogen-bond donors (Lipinski definition) is 3. The number of hydrazine groups is 1. The molecule has 0 unspecified atom stereocenters. The van der Waals surface area contributed by atoms with Crippen molar-refractivity contribution in [3.8, 4) is 0 Å². The van der Waals surface area contributed by atoms with Gasteiger partial charge in [-0.25, -0.2) is 10.6 Å². The van der Waals surface area contributed by atoms with Crippen LogP contribution < -0.4 is 11.3 Å². The number of cyclic esters (lactones) is 1. The molecule has 0 spiro atoms. The van der Waals surface area contributed by atoms with E-state index in [1.807, 2.05) is 0 Å². The lowest BCUT2D eigenvalue weighted by Gasteiger charge is -1.81. The lowest BCUT2D eigenvalue weighted by molar-refractivity contribution is -0.137. The van der Waals surface area contributed by atoms with E-state index in [0.717, 1.165) is 6.42 Å². The van der Waals surface area contributed by atoms with Crippen LogP contribution in [-0.2, 0) is 9.53 Å². The van der Waals surface area contributed by atoms with Gasteiger partial charge in [-0.05, 0) is 6.42 Å². The van der Waals surface area contributed by atoms with Crippen molar-refractivity contribution in [3.05, 3.63) is 0 Å². The number of rotatable bonds is 0. The fourth-order valence-corrected chi connectivity index (χ4v) is 0.475. The zero-order chi connectivity index (χ0) is 8.69. The van der Waals surface area contributed by atoms with Crippen molar-refractivity contribution in [2.75, 3.05) is 6.61 Å². The lowest BCUT2D eigenvalue weighted by Crippen LogP contribution is -2.27. The third-order valence-electron chi connectivity index (χ3n) is 0.912. The predicted molar refractivity (Wildman–Crippen MR) is 35.5 cm³/mol.